The standard InChI is InChI=1S/C53H6B28N4OS/c1-3-16(54)9-10-22(60)18(56)5(30(68)47(10)86-48(9)43(81)45(3)85-44-4(2)17(55)33(71)20(58)7(44)8-21(59)34(72)41(79)42(80)46(8)85)6-19(57)23(61)11-12-24(62)25(63)15(32(70)50(12)87-49(11)31(6)69)53-83-51(13-26(64)35(73)39(77)36(74)27(13)65)82-52(84-53)14-28(66)37(75)40(78)38(76)29(14)67/h1-2H3. The van der Waals surface area contributed by atoms with Crippen LogP contribution in [0.15, 0.2) is 4.42 Å². The largest absolute Gasteiger partial charge is 0.457 e. The molecule has 87 heavy (non-hydrogen) atoms. The summed E-state index contributed by atoms with van der Waals surface area (Å²) in [5.74, 6) is -0.703. The number of furan rings is 1. The lowest BCUT2D eigenvalue weighted by Gasteiger charge is -2.24. The predicted octanol–water partition coefficient (Wildman–Crippen LogP) is -19.3. The molecular weight excluding hydrogens is 1040 g/mol. The molecule has 5 nitrogen and oxygen atoms in total. The van der Waals surface area contributed by atoms with Crippen LogP contribution in [-0.2, 0) is 0 Å². The normalized spacial score (nSPS) is 11.9. The van der Waals surface area contributed by atoms with Gasteiger partial charge in [0.2, 0.25) is 0 Å². The summed E-state index contributed by atoms with van der Waals surface area (Å²) >= 11 is 1.05. The van der Waals surface area contributed by atoms with Crippen LogP contribution >= 0.6 is 11.3 Å². The fourth-order valence-corrected chi connectivity index (χ4v) is 13.2. The highest BCUT2D eigenvalue weighted by Crippen LogP contribution is 2.36. The van der Waals surface area contributed by atoms with Crippen LogP contribution in [0.25, 0.3) is 115 Å². The van der Waals surface area contributed by atoms with Gasteiger partial charge in [-0.1, -0.05) is 92.9 Å². The maximum absolute atomic E-state index is 7.26. The van der Waals surface area contributed by atoms with Crippen molar-refractivity contribution in [3.05, 3.63) is 11.1 Å². The van der Waals surface area contributed by atoms with E-state index in [2.05, 4.69) is 4.98 Å². The highest BCUT2D eigenvalue weighted by Gasteiger charge is 2.31. The van der Waals surface area contributed by atoms with Crippen LogP contribution in [0.5, 0.6) is 0 Å². The zero-order chi connectivity index (χ0) is 63.6. The van der Waals surface area contributed by atoms with Crippen LogP contribution in [-0.4, -0.2) is 239 Å². The molecule has 4 heterocycles. The number of aryl methyl sites for hydroxylation is 1. The smallest absolute Gasteiger partial charge is 0.162 e. The third-order valence-electron chi connectivity index (χ3n) is 16.7. The molecule has 0 aliphatic heterocycles. The van der Waals surface area contributed by atoms with Gasteiger partial charge in [0.25, 0.3) is 0 Å². The van der Waals surface area contributed by atoms with Gasteiger partial charge >= 0.3 is 0 Å². The lowest BCUT2D eigenvalue weighted by molar-refractivity contribution is 0.674. The lowest BCUT2D eigenvalue weighted by Crippen LogP contribution is -2.55. The van der Waals surface area contributed by atoms with Crippen LogP contribution < -0.4 is 153 Å². The number of thiophene rings is 1. The summed E-state index contributed by atoms with van der Waals surface area (Å²) in [7, 11) is 188. The Balaban J connectivity index is 1.11. The van der Waals surface area contributed by atoms with Gasteiger partial charge in [-0.05, 0) is 68.6 Å². The van der Waals surface area contributed by atoms with Crippen molar-refractivity contribution in [2.75, 3.05) is 0 Å². The molecule has 0 fully saturated rings. The molecule has 0 spiro atoms. The molecule has 12 rings (SSSR count). The van der Waals surface area contributed by atoms with Gasteiger partial charge in [-0.15, -0.1) is 60.5 Å². The summed E-state index contributed by atoms with van der Waals surface area (Å²) in [4.78, 5) is 14.2. The summed E-state index contributed by atoms with van der Waals surface area (Å²) in [6.45, 7) is 3.45. The molecule has 12 aromatic rings. The fraction of sp³-hybridized carbons (Fsp3) is 0.0377. The first-order valence-electron chi connectivity index (χ1n) is 25.7. The SMILES string of the molecule is [B]c1c([B])c([B])c(-c2nc(-c3c([B])c([B])c([B])c([B])c3[B])nc(-c3c([B])c([B])c4c(sc5c([B])c(-c6c([B])c([B])c7c(oc8c([B])c(-n9c%10c([B])c([B])c([B])c([B])c%10c%10c([B])c([B])c([B])c(C)c%109)c(C)c([B])c87)c6[B])c([B])c([B])c54)c3[B])n2)c([B])c1[B]. The molecule has 334 valence electrons. The average Bonchev–Trinajstić information content (AvgIpc) is 1.60. The van der Waals surface area contributed by atoms with Gasteiger partial charge in [0.15, 0.2) is 17.5 Å². The van der Waals surface area contributed by atoms with Gasteiger partial charge in [-0.2, -0.15) is 0 Å². The molecule has 8 aromatic carbocycles. The number of aromatic nitrogens is 4. The first-order chi connectivity index (χ1) is 40.7. The third-order valence-corrected chi connectivity index (χ3v) is 18.0. The van der Waals surface area contributed by atoms with Crippen molar-refractivity contribution in [2.24, 2.45) is 0 Å². The Morgan fingerprint density at radius 3 is 1.01 bits per heavy atom. The number of benzene rings is 8. The van der Waals surface area contributed by atoms with E-state index in [-0.39, 0.29) is 247 Å². The molecule has 34 heteroatoms. The second-order valence-electron chi connectivity index (χ2n) is 21.2. The summed E-state index contributed by atoms with van der Waals surface area (Å²) < 4.78 is 8.96. The molecule has 0 atom stereocenters. The summed E-state index contributed by atoms with van der Waals surface area (Å²) in [6, 6.07) is 0. The number of hydrogen-bond donors (Lipinski definition) is 0. The Labute approximate surface area is 543 Å². The van der Waals surface area contributed by atoms with E-state index in [1.54, 1.807) is 18.4 Å². The minimum atomic E-state index is -0.236. The Bertz CT molecular complexity index is 5080. The zero-order valence-electron chi connectivity index (χ0n) is 46.3. The molecule has 4 aromatic heterocycles. The van der Waals surface area contributed by atoms with Crippen LogP contribution in [0.3, 0.4) is 0 Å². The van der Waals surface area contributed by atoms with Crippen molar-refractivity contribution in [1.82, 2.24) is 19.5 Å². The fourth-order valence-electron chi connectivity index (χ4n) is 11.9. The molecular formula is C53H6B28N4OS. The molecule has 0 saturated heterocycles. The van der Waals surface area contributed by atoms with Crippen LogP contribution in [0.1, 0.15) is 11.1 Å². The quantitative estimate of drug-likeness (QED) is 0.161. The van der Waals surface area contributed by atoms with Crippen LogP contribution in [0.2, 0.25) is 0 Å². The van der Waals surface area contributed by atoms with Crippen LogP contribution in [0, 0.1) is 13.8 Å². The molecule has 0 aliphatic rings. The lowest BCUT2D eigenvalue weighted by atomic mass is 9.60. The minimum absolute atomic E-state index is 0.00128. The first kappa shape index (κ1) is 61.6. The van der Waals surface area contributed by atoms with E-state index < -0.39 is 0 Å². The summed E-state index contributed by atoms with van der Waals surface area (Å²) in [6.07, 6.45) is 0. The van der Waals surface area contributed by atoms with E-state index >= 15 is 0 Å². The van der Waals surface area contributed by atoms with Gasteiger partial charge in [0, 0.05) is 48.1 Å². The van der Waals surface area contributed by atoms with Crippen LogP contribution in [0.4, 0.5) is 0 Å². The van der Waals surface area contributed by atoms with E-state index in [1.165, 1.54) is 0 Å². The Hall–Kier alpha value is -5.59. The van der Waals surface area contributed by atoms with Gasteiger partial charge in [0.1, 0.15) is 231 Å². The molecule has 0 amide bonds. The third kappa shape index (κ3) is 8.14. The highest BCUT2D eigenvalue weighted by molar-refractivity contribution is 7.28. The second-order valence-corrected chi connectivity index (χ2v) is 22.2. The van der Waals surface area contributed by atoms with Gasteiger partial charge in [-0.3, -0.25) is 0 Å². The molecule has 0 N–H and O–H groups in total. The molecule has 0 aliphatic carbocycles. The van der Waals surface area contributed by atoms with E-state index in [0.717, 1.165) is 11.3 Å². The average molecular weight is 1050 g/mol. The van der Waals surface area contributed by atoms with Crippen molar-refractivity contribution in [2.45, 2.75) is 13.8 Å². The molecule has 0 saturated carbocycles. The predicted molar refractivity (Wildman–Crippen MR) is 396 cm³/mol. The number of rotatable bonds is 5. The zero-order valence-corrected chi connectivity index (χ0v) is 47.1. The maximum atomic E-state index is 7.26. The number of fused-ring (bicyclic) bond motifs is 9. The van der Waals surface area contributed by atoms with Gasteiger partial charge in [0.05, 0.1) is 5.52 Å². The highest BCUT2D eigenvalue weighted by atomic mass is 32.1. The topological polar surface area (TPSA) is 56.7 Å². The number of nitrogens with zero attached hydrogens (tertiary/aromatic N) is 4. The maximum Gasteiger partial charge on any atom is 0.162 e. The second kappa shape index (κ2) is 21.0. The Morgan fingerprint density at radius 1 is 0.253 bits per heavy atom. The van der Waals surface area contributed by atoms with Crippen molar-refractivity contribution >= 4 is 448 Å². The van der Waals surface area contributed by atoms with Crippen molar-refractivity contribution in [3.63, 3.8) is 0 Å². The van der Waals surface area contributed by atoms with Gasteiger partial charge < -0.3 is 8.98 Å². The molecule has 56 radical (unpaired) electrons. The van der Waals surface area contributed by atoms with E-state index in [9.17, 15) is 0 Å². The monoisotopic (exact) mass is 1050 g/mol. The van der Waals surface area contributed by atoms with Gasteiger partial charge in [-0.25, -0.2) is 15.0 Å². The first-order valence-corrected chi connectivity index (χ1v) is 26.5. The minimum Gasteiger partial charge on any atom is -0.457 e. The van der Waals surface area contributed by atoms with Crippen molar-refractivity contribution in [3.8, 4) is 51.0 Å². The number of hydrogen-bond acceptors (Lipinski definition) is 5. The Kier molecular flexibility index (Phi) is 14.9. The van der Waals surface area contributed by atoms with Crippen molar-refractivity contribution in [1.29, 1.82) is 0 Å². The summed E-state index contributed by atoms with van der Waals surface area (Å²) in [5, 5.41) is 1.66. The van der Waals surface area contributed by atoms with E-state index in [4.69, 9.17) is 234 Å². The van der Waals surface area contributed by atoms with E-state index in [1.807, 2.05) is 0 Å². The summed E-state index contributed by atoms with van der Waals surface area (Å²) in [5.41, 5.74) is 0.471. The molecule has 0 unspecified atom stereocenters. The Morgan fingerprint density at radius 2 is 0.552 bits per heavy atom. The van der Waals surface area contributed by atoms with Crippen molar-refractivity contribution < 1.29 is 4.42 Å². The molecule has 0 bridgehead atoms. The van der Waals surface area contributed by atoms with E-state index in [0.29, 0.717) is 32.1 Å².